The van der Waals surface area contributed by atoms with Crippen molar-refractivity contribution in [2.45, 2.75) is 130 Å². The molecule has 0 spiro atoms. The van der Waals surface area contributed by atoms with Crippen LogP contribution in [0.3, 0.4) is 0 Å². The van der Waals surface area contributed by atoms with Crippen LogP contribution in [-0.2, 0) is 63.2 Å². The molecule has 10 nitrogen and oxygen atoms in total. The summed E-state index contributed by atoms with van der Waals surface area (Å²) in [5.74, 6) is -2.57. The molecule has 2 rings (SSSR count). The maximum absolute atomic E-state index is 12.6. The van der Waals surface area contributed by atoms with Gasteiger partial charge < -0.3 is 30.3 Å². The third kappa shape index (κ3) is 12.1. The Hall–Kier alpha value is -4.08. The van der Waals surface area contributed by atoms with E-state index in [-0.39, 0.29) is 72.3 Å². The molecule has 278 valence electrons. The van der Waals surface area contributed by atoms with Crippen LogP contribution in [0.15, 0.2) is 24.3 Å². The smallest absolute Gasteiger partial charge is 0.311 e. The standard InChI is InChI=1S/C40H60N2O8/c1-37(2,3)27-21-25(22-28(33(27)45)38(4,5)6)13-15-31(43)49-19-17-42(36(48)35(41)47)18-20-50-32(44)16-14-26-23-29(39(7,8)9)34(46)30(24-26)40(10,11)12/h21-24,45-46H,13-20H2,1-12H3,(H2,41,47). The minimum absolute atomic E-state index is 0.0782. The summed E-state index contributed by atoms with van der Waals surface area (Å²) in [5, 5.41) is 21.9. The van der Waals surface area contributed by atoms with Crippen LogP contribution in [0.2, 0.25) is 0 Å². The summed E-state index contributed by atoms with van der Waals surface area (Å²) >= 11 is 0. The molecule has 0 aliphatic carbocycles. The number of aromatic hydroxyl groups is 2. The number of nitrogens with zero attached hydrogens (tertiary/aromatic N) is 1. The molecule has 0 fully saturated rings. The van der Waals surface area contributed by atoms with Gasteiger partial charge in [-0.05, 0) is 67.9 Å². The van der Waals surface area contributed by atoms with Crippen molar-refractivity contribution in [2.75, 3.05) is 26.3 Å². The highest BCUT2D eigenvalue weighted by Gasteiger charge is 2.28. The van der Waals surface area contributed by atoms with Crippen LogP contribution in [0.25, 0.3) is 0 Å². The summed E-state index contributed by atoms with van der Waals surface area (Å²) in [5.41, 5.74) is 9.05. The van der Waals surface area contributed by atoms with E-state index in [0.717, 1.165) is 38.3 Å². The average Bonchev–Trinajstić information content (AvgIpc) is 2.96. The Morgan fingerprint density at radius 3 is 1.10 bits per heavy atom. The van der Waals surface area contributed by atoms with E-state index in [1.165, 1.54) is 0 Å². The zero-order chi connectivity index (χ0) is 38.4. The van der Waals surface area contributed by atoms with Gasteiger partial charge in [0.1, 0.15) is 24.7 Å². The maximum Gasteiger partial charge on any atom is 0.311 e. The topological polar surface area (TPSA) is 156 Å². The van der Waals surface area contributed by atoms with Gasteiger partial charge in [-0.15, -0.1) is 0 Å². The van der Waals surface area contributed by atoms with Crippen LogP contribution in [0.5, 0.6) is 11.5 Å². The number of primary amides is 1. The molecule has 0 saturated heterocycles. The lowest BCUT2D eigenvalue weighted by molar-refractivity contribution is -0.150. The predicted molar refractivity (Wildman–Crippen MR) is 195 cm³/mol. The molecule has 0 aliphatic rings. The van der Waals surface area contributed by atoms with Crippen LogP contribution in [0.4, 0.5) is 0 Å². The van der Waals surface area contributed by atoms with Gasteiger partial charge in [-0.2, -0.15) is 0 Å². The lowest BCUT2D eigenvalue weighted by Crippen LogP contribution is -2.44. The highest BCUT2D eigenvalue weighted by Crippen LogP contribution is 2.41. The van der Waals surface area contributed by atoms with E-state index in [4.69, 9.17) is 15.2 Å². The highest BCUT2D eigenvalue weighted by atomic mass is 16.5. The number of hydrogen-bond acceptors (Lipinski definition) is 8. The number of amides is 2. The first-order valence-electron chi connectivity index (χ1n) is 17.4. The third-order valence-electron chi connectivity index (χ3n) is 8.55. The first kappa shape index (κ1) is 42.1. The van der Waals surface area contributed by atoms with Gasteiger partial charge in [0.2, 0.25) is 0 Å². The zero-order valence-electron chi connectivity index (χ0n) is 32.3. The van der Waals surface area contributed by atoms with Crippen LogP contribution in [0, 0.1) is 0 Å². The molecule has 50 heavy (non-hydrogen) atoms. The number of carbonyl (C=O) groups is 4. The van der Waals surface area contributed by atoms with Crippen molar-refractivity contribution in [1.82, 2.24) is 4.90 Å². The number of esters is 2. The molecule has 0 heterocycles. The van der Waals surface area contributed by atoms with Crippen molar-refractivity contribution in [3.05, 3.63) is 57.6 Å². The average molecular weight is 697 g/mol. The van der Waals surface area contributed by atoms with E-state index >= 15 is 0 Å². The number of rotatable bonds is 12. The Balaban J connectivity index is 1.97. The van der Waals surface area contributed by atoms with Gasteiger partial charge in [-0.25, -0.2) is 0 Å². The van der Waals surface area contributed by atoms with Gasteiger partial charge in [0.25, 0.3) is 0 Å². The Morgan fingerprint density at radius 2 is 0.860 bits per heavy atom. The summed E-state index contributed by atoms with van der Waals surface area (Å²) in [6, 6.07) is 7.68. The molecule has 0 aromatic heterocycles. The van der Waals surface area contributed by atoms with E-state index in [1.807, 2.05) is 107 Å². The van der Waals surface area contributed by atoms with Crippen molar-refractivity contribution in [3.8, 4) is 11.5 Å². The molecule has 4 N–H and O–H groups in total. The number of ether oxygens (including phenoxy) is 2. The van der Waals surface area contributed by atoms with Crippen molar-refractivity contribution in [1.29, 1.82) is 0 Å². The highest BCUT2D eigenvalue weighted by molar-refractivity contribution is 6.34. The molecular weight excluding hydrogens is 636 g/mol. The van der Waals surface area contributed by atoms with Crippen LogP contribution >= 0.6 is 0 Å². The summed E-state index contributed by atoms with van der Waals surface area (Å²) < 4.78 is 10.7. The molecule has 0 bridgehead atoms. The Morgan fingerprint density at radius 1 is 0.580 bits per heavy atom. The molecule has 0 saturated carbocycles. The van der Waals surface area contributed by atoms with Crippen LogP contribution in [0.1, 0.15) is 129 Å². The predicted octanol–water partition coefficient (Wildman–Crippen LogP) is 6.25. The van der Waals surface area contributed by atoms with E-state index in [9.17, 15) is 29.4 Å². The molecule has 10 heteroatoms. The van der Waals surface area contributed by atoms with Gasteiger partial charge in [0.05, 0.1) is 13.1 Å². The van der Waals surface area contributed by atoms with Crippen molar-refractivity contribution in [3.63, 3.8) is 0 Å². The second-order valence-electron chi connectivity index (χ2n) is 17.2. The number of phenols is 2. The summed E-state index contributed by atoms with van der Waals surface area (Å²) in [6.45, 7) is 23.7. The lowest BCUT2D eigenvalue weighted by Gasteiger charge is -2.28. The minimum Gasteiger partial charge on any atom is -0.507 e. The number of hydrogen-bond donors (Lipinski definition) is 3. The van der Waals surface area contributed by atoms with E-state index in [2.05, 4.69) is 0 Å². The van der Waals surface area contributed by atoms with Crippen molar-refractivity contribution >= 4 is 23.8 Å². The van der Waals surface area contributed by atoms with Gasteiger partial charge in [0.15, 0.2) is 0 Å². The Kier molecular flexibility index (Phi) is 13.7. The maximum atomic E-state index is 12.6. The fourth-order valence-electron chi connectivity index (χ4n) is 5.61. The van der Waals surface area contributed by atoms with Crippen molar-refractivity contribution < 1.29 is 38.9 Å². The Labute approximate surface area is 298 Å². The second kappa shape index (κ2) is 16.3. The number of phenolic OH excluding ortho intramolecular Hbond substituents is 2. The lowest BCUT2D eigenvalue weighted by atomic mass is 9.78. The fraction of sp³-hybridized carbons (Fsp3) is 0.600. The molecule has 0 atom stereocenters. The van der Waals surface area contributed by atoms with Crippen LogP contribution < -0.4 is 5.73 Å². The van der Waals surface area contributed by atoms with Gasteiger partial charge >= 0.3 is 23.8 Å². The summed E-state index contributed by atoms with van der Waals surface area (Å²) in [4.78, 5) is 50.5. The first-order valence-corrected chi connectivity index (χ1v) is 17.4. The van der Waals surface area contributed by atoms with Gasteiger partial charge in [-0.1, -0.05) is 107 Å². The Bertz CT molecular complexity index is 1380. The SMILES string of the molecule is CC(C)(C)c1cc(CCC(=O)OCCN(CCOC(=O)CCc2cc(C(C)(C)C)c(O)c(C(C)(C)C)c2)C(=O)C(N)=O)cc(C(C)(C)C)c1O. The number of nitrogens with two attached hydrogens (primary N) is 1. The molecular formula is C40H60N2O8. The van der Waals surface area contributed by atoms with Gasteiger partial charge in [-0.3, -0.25) is 19.2 Å². The first-order chi connectivity index (χ1) is 22.7. The van der Waals surface area contributed by atoms with Crippen LogP contribution in [-0.4, -0.2) is 65.2 Å². The molecule has 2 amide bonds. The normalized spacial score (nSPS) is 12.4. The summed E-state index contributed by atoms with van der Waals surface area (Å²) in [6.07, 6.45) is 0.943. The number of carbonyl (C=O) groups excluding carboxylic acids is 4. The minimum atomic E-state index is -1.17. The largest absolute Gasteiger partial charge is 0.507 e. The summed E-state index contributed by atoms with van der Waals surface area (Å²) in [7, 11) is 0. The van der Waals surface area contributed by atoms with Crippen molar-refractivity contribution in [2.24, 2.45) is 5.73 Å². The van der Waals surface area contributed by atoms with E-state index in [1.54, 1.807) is 0 Å². The van der Waals surface area contributed by atoms with E-state index < -0.39 is 23.8 Å². The number of benzene rings is 2. The number of aryl methyl sites for hydroxylation is 2. The van der Waals surface area contributed by atoms with E-state index in [0.29, 0.717) is 12.8 Å². The quantitative estimate of drug-likeness (QED) is 0.174. The third-order valence-corrected chi connectivity index (χ3v) is 8.55. The molecule has 0 radical (unpaired) electrons. The fourth-order valence-corrected chi connectivity index (χ4v) is 5.61. The second-order valence-corrected chi connectivity index (χ2v) is 17.2. The zero-order valence-corrected chi connectivity index (χ0v) is 32.3. The molecule has 0 unspecified atom stereocenters. The molecule has 2 aromatic rings. The monoisotopic (exact) mass is 696 g/mol. The molecule has 2 aromatic carbocycles. The molecule has 0 aliphatic heterocycles. The van der Waals surface area contributed by atoms with Gasteiger partial charge in [0, 0.05) is 12.8 Å².